The third kappa shape index (κ3) is 38.6. The Balaban J connectivity index is -0.000000464. The molecule has 0 aromatic carbocycles. The van der Waals surface area contributed by atoms with Crippen molar-refractivity contribution in [2.24, 2.45) is 0 Å². The van der Waals surface area contributed by atoms with Gasteiger partial charge in [0.15, 0.2) is 0 Å². The zero-order valence-corrected chi connectivity index (χ0v) is 22.0. The molecule has 0 aromatic heterocycles. The van der Waals surface area contributed by atoms with Crippen molar-refractivity contribution in [1.82, 2.24) is 0 Å². The van der Waals surface area contributed by atoms with Crippen molar-refractivity contribution in [3.05, 3.63) is 0 Å². The molecule has 0 heterocycles. The Morgan fingerprint density at radius 2 is 0.933 bits per heavy atom. The molecule has 0 saturated heterocycles. The van der Waals surface area contributed by atoms with E-state index in [1.165, 1.54) is 51.4 Å². The number of esters is 2. The number of unbranched alkanes of at least 4 members (excludes halogenated alkanes) is 10. The van der Waals surface area contributed by atoms with Gasteiger partial charge in [0.1, 0.15) is 0 Å². The van der Waals surface area contributed by atoms with E-state index in [2.05, 4.69) is 13.8 Å². The van der Waals surface area contributed by atoms with E-state index in [1.54, 1.807) is 0 Å². The van der Waals surface area contributed by atoms with E-state index in [-0.39, 0.29) is 55.8 Å². The maximum Gasteiger partial charge on any atom is 1.00 e. The van der Waals surface area contributed by atoms with Gasteiger partial charge >= 0.3 is 49.3 Å². The molecule has 0 unspecified atom stereocenters. The molecule has 0 bridgehead atoms. The summed E-state index contributed by atoms with van der Waals surface area (Å²) in [6, 6.07) is 0. The van der Waals surface area contributed by atoms with Crippen molar-refractivity contribution in [2.75, 3.05) is 13.2 Å². The maximum atomic E-state index is 11.5. The normalized spacial score (nSPS) is 10.4. The fraction of sp³-hybridized carbons (Fsp3) is 0.900. The second kappa shape index (κ2) is 25.3. The summed E-state index contributed by atoms with van der Waals surface area (Å²) in [7, 11) is -4.64. The van der Waals surface area contributed by atoms with Crippen molar-refractivity contribution in [2.45, 2.75) is 104 Å². The van der Waals surface area contributed by atoms with Crippen molar-refractivity contribution < 1.29 is 69.3 Å². The first-order chi connectivity index (χ1) is 13.7. The molecule has 0 aromatic rings. The second-order valence-corrected chi connectivity index (χ2v) is 8.02. The Kier molecular flexibility index (Phi) is 29.2. The quantitative estimate of drug-likeness (QED) is 0.128. The largest absolute Gasteiger partial charge is 1.00 e. The van der Waals surface area contributed by atoms with Gasteiger partial charge in [0, 0.05) is 0 Å². The van der Waals surface area contributed by atoms with Crippen molar-refractivity contribution in [1.29, 1.82) is 0 Å². The smallest absolute Gasteiger partial charge is 1.00 e. The third-order valence-electron chi connectivity index (χ3n) is 4.06. The fourth-order valence-electron chi connectivity index (χ4n) is 2.49. The molecule has 0 radical (unpaired) electrons. The van der Waals surface area contributed by atoms with Gasteiger partial charge in [0.25, 0.3) is 0 Å². The van der Waals surface area contributed by atoms with Crippen molar-refractivity contribution in [3.63, 3.8) is 0 Å². The Morgan fingerprint density at radius 3 is 1.23 bits per heavy atom. The Labute approximate surface area is 205 Å². The van der Waals surface area contributed by atoms with Crippen LogP contribution in [0.1, 0.15) is 105 Å². The van der Waals surface area contributed by atoms with Crippen LogP contribution in [0.5, 0.6) is 0 Å². The summed E-state index contributed by atoms with van der Waals surface area (Å²) in [5, 5.41) is 0. The van der Waals surface area contributed by atoms with Gasteiger partial charge < -0.3 is 25.6 Å². The Bertz CT molecular complexity index is 411. The minimum Gasteiger partial charge on any atom is -1.00 e. The molecule has 0 fully saturated rings. The first-order valence-corrected chi connectivity index (χ1v) is 12.4. The van der Waals surface area contributed by atoms with E-state index in [0.29, 0.717) is 13.2 Å². The Morgan fingerprint density at radius 1 is 0.667 bits per heavy atom. The number of phosphoric acid groups is 1. The molecule has 0 rings (SSSR count). The monoisotopic (exact) mass is 464 g/mol. The summed E-state index contributed by atoms with van der Waals surface area (Å²) in [4.78, 5) is 44.6. The molecule has 0 atom stereocenters. The molecule has 30 heavy (non-hydrogen) atoms. The van der Waals surface area contributed by atoms with Crippen LogP contribution in [0.25, 0.3) is 0 Å². The number of hydrogen-bond donors (Lipinski definition) is 3. The maximum absolute atomic E-state index is 11.5. The van der Waals surface area contributed by atoms with Gasteiger partial charge in [-0.25, -0.2) is 4.57 Å². The van der Waals surface area contributed by atoms with E-state index in [4.69, 9.17) is 28.7 Å². The summed E-state index contributed by atoms with van der Waals surface area (Å²) in [5.74, 6) is -0.583. The zero-order chi connectivity index (χ0) is 22.4. The number of rotatable bonds is 17. The minimum atomic E-state index is -4.64. The van der Waals surface area contributed by atoms with Crippen LogP contribution in [0.15, 0.2) is 0 Å². The van der Waals surface area contributed by atoms with Gasteiger partial charge in [-0.3, -0.25) is 9.59 Å². The van der Waals surface area contributed by atoms with Gasteiger partial charge in [0.05, 0.1) is 26.1 Å². The molecule has 0 spiro atoms. The molecule has 0 amide bonds. The van der Waals surface area contributed by atoms with Crippen molar-refractivity contribution >= 4 is 19.8 Å². The van der Waals surface area contributed by atoms with Gasteiger partial charge in [0.2, 0.25) is 0 Å². The molecule has 0 saturated carbocycles. The standard InChI is InChI=1S/C20H38O4.Na.H3O4P.H/c1-3-5-7-9-11-13-17-23-19(21)15-16-20(22)24-18-14-12-10-8-6-4-2;;1-5(2,3)4;/h3-18H2,1-2H3;;(H3,1,2,3,4);/q;+1;;-1. The number of ether oxygens (including phenoxy) is 2. The first-order valence-electron chi connectivity index (χ1n) is 10.8. The van der Waals surface area contributed by atoms with Crippen LogP contribution in [0.3, 0.4) is 0 Å². The average Bonchev–Trinajstić information content (AvgIpc) is 2.63. The SMILES string of the molecule is CCCCCCCCOC(=O)CCC(=O)OCCCCCCCC.O=P(O)(O)O.[H-].[Na+]. The van der Waals surface area contributed by atoms with E-state index in [0.717, 1.165) is 25.7 Å². The molecule has 3 N–H and O–H groups in total. The van der Waals surface area contributed by atoms with Crippen molar-refractivity contribution in [3.8, 4) is 0 Å². The summed E-state index contributed by atoms with van der Waals surface area (Å²) in [6.07, 6.45) is 14.3. The van der Waals surface area contributed by atoms with E-state index in [9.17, 15) is 9.59 Å². The predicted octanol–water partition coefficient (Wildman–Crippen LogP) is 1.76. The molecule has 10 heteroatoms. The van der Waals surface area contributed by atoms with Crippen LogP contribution in [-0.2, 0) is 23.6 Å². The summed E-state index contributed by atoms with van der Waals surface area (Å²) in [6.45, 7) is 5.33. The van der Waals surface area contributed by atoms with Crippen LogP contribution in [0, 0.1) is 0 Å². The molecular formula is C20H42NaO8P. The average molecular weight is 465 g/mol. The van der Waals surface area contributed by atoms with Gasteiger partial charge in [-0.2, -0.15) is 0 Å². The number of carbonyl (C=O) groups excluding carboxylic acids is 2. The van der Waals surface area contributed by atoms with Crippen LogP contribution in [0.2, 0.25) is 0 Å². The summed E-state index contributed by atoms with van der Waals surface area (Å²) < 4.78 is 19.1. The zero-order valence-electron chi connectivity index (χ0n) is 20.1. The summed E-state index contributed by atoms with van der Waals surface area (Å²) in [5.41, 5.74) is 0. The fourth-order valence-corrected chi connectivity index (χ4v) is 2.49. The van der Waals surface area contributed by atoms with Crippen LogP contribution in [-0.4, -0.2) is 39.8 Å². The van der Waals surface area contributed by atoms with Gasteiger partial charge in [-0.15, -0.1) is 0 Å². The Hall–Kier alpha value is 0.0500. The topological polar surface area (TPSA) is 130 Å². The van der Waals surface area contributed by atoms with Crippen LogP contribution < -0.4 is 29.6 Å². The minimum absolute atomic E-state index is 0. The predicted molar refractivity (Wildman–Crippen MR) is 113 cm³/mol. The van der Waals surface area contributed by atoms with Crippen LogP contribution >= 0.6 is 7.82 Å². The van der Waals surface area contributed by atoms with Crippen LogP contribution in [0.4, 0.5) is 0 Å². The third-order valence-corrected chi connectivity index (χ3v) is 4.06. The molecular weight excluding hydrogens is 422 g/mol. The molecule has 0 aliphatic rings. The number of carbonyl (C=O) groups is 2. The molecule has 176 valence electrons. The number of hydrogen-bond acceptors (Lipinski definition) is 5. The van der Waals surface area contributed by atoms with Gasteiger partial charge in [-0.05, 0) is 12.8 Å². The molecule has 8 nitrogen and oxygen atoms in total. The summed E-state index contributed by atoms with van der Waals surface area (Å²) >= 11 is 0. The first kappa shape index (κ1) is 34.7. The van der Waals surface area contributed by atoms with E-state index >= 15 is 0 Å². The second-order valence-electron chi connectivity index (χ2n) is 6.99. The van der Waals surface area contributed by atoms with E-state index in [1.807, 2.05) is 0 Å². The molecule has 0 aliphatic carbocycles. The molecule has 0 aliphatic heterocycles. The van der Waals surface area contributed by atoms with E-state index < -0.39 is 7.82 Å². The van der Waals surface area contributed by atoms with Gasteiger partial charge in [-0.1, -0.05) is 78.1 Å².